The van der Waals surface area contributed by atoms with Crippen molar-refractivity contribution in [3.63, 3.8) is 0 Å². The fourth-order valence-electron chi connectivity index (χ4n) is 3.26. The second kappa shape index (κ2) is 7.32. The number of aromatic nitrogens is 1. The molecule has 0 aliphatic carbocycles. The largest absolute Gasteiger partial charge is 0.354 e. The molecule has 0 fully saturated rings. The maximum atomic E-state index is 12.6. The number of hydrogen-bond donors (Lipinski definition) is 1. The molecule has 3 aromatic carbocycles. The molecule has 5 nitrogen and oxygen atoms in total. The highest BCUT2D eigenvalue weighted by molar-refractivity contribution is 6.11. The Hall–Kier alpha value is -3.99. The van der Waals surface area contributed by atoms with Crippen LogP contribution in [0.3, 0.4) is 0 Å². The van der Waals surface area contributed by atoms with Gasteiger partial charge >= 0.3 is 0 Å². The maximum absolute atomic E-state index is 12.6. The van der Waals surface area contributed by atoms with Gasteiger partial charge < -0.3 is 4.98 Å². The molecule has 0 aliphatic rings. The van der Waals surface area contributed by atoms with Gasteiger partial charge in [0, 0.05) is 22.5 Å². The number of aromatic amines is 1. The molecule has 0 saturated carbocycles. The monoisotopic (exact) mass is 368 g/mol. The van der Waals surface area contributed by atoms with Crippen LogP contribution in [0.5, 0.6) is 0 Å². The van der Waals surface area contributed by atoms with Crippen molar-refractivity contribution in [3.8, 4) is 11.3 Å². The summed E-state index contributed by atoms with van der Waals surface area (Å²) in [6.45, 7) is 0. The molecule has 0 atom stereocenters. The molecule has 1 N–H and O–H groups in total. The predicted molar refractivity (Wildman–Crippen MR) is 110 cm³/mol. The number of allylic oxidation sites excluding steroid dienone is 1. The third kappa shape index (κ3) is 3.21. The Morgan fingerprint density at radius 3 is 2.36 bits per heavy atom. The lowest BCUT2D eigenvalue weighted by Gasteiger charge is -2.01. The van der Waals surface area contributed by atoms with Gasteiger partial charge in [-0.3, -0.25) is 14.9 Å². The quantitative estimate of drug-likeness (QED) is 0.214. The van der Waals surface area contributed by atoms with Gasteiger partial charge in [0.25, 0.3) is 5.69 Å². The molecule has 1 aromatic heterocycles. The number of nitrogens with zero attached hydrogens (tertiary/aromatic N) is 1. The van der Waals surface area contributed by atoms with Crippen LogP contribution in [-0.2, 0) is 0 Å². The van der Waals surface area contributed by atoms with Crippen molar-refractivity contribution < 1.29 is 9.72 Å². The Morgan fingerprint density at radius 1 is 0.893 bits per heavy atom. The molecule has 4 rings (SSSR count). The molecule has 0 radical (unpaired) electrons. The van der Waals surface area contributed by atoms with Crippen molar-refractivity contribution in [2.24, 2.45) is 0 Å². The summed E-state index contributed by atoms with van der Waals surface area (Å²) in [7, 11) is 0. The van der Waals surface area contributed by atoms with Gasteiger partial charge in [0.15, 0.2) is 5.78 Å². The maximum Gasteiger partial charge on any atom is 0.280 e. The van der Waals surface area contributed by atoms with Crippen molar-refractivity contribution in [1.82, 2.24) is 4.98 Å². The fraction of sp³-hybridized carbons (Fsp3) is 0. The first-order valence-corrected chi connectivity index (χ1v) is 8.77. The van der Waals surface area contributed by atoms with E-state index in [-0.39, 0.29) is 11.3 Å². The number of H-pyrrole nitrogens is 1. The van der Waals surface area contributed by atoms with E-state index in [0.717, 1.165) is 27.7 Å². The smallest absolute Gasteiger partial charge is 0.280 e. The lowest BCUT2D eigenvalue weighted by Crippen LogP contribution is -2.00. The molecule has 0 bridgehead atoms. The summed E-state index contributed by atoms with van der Waals surface area (Å²) >= 11 is 0. The summed E-state index contributed by atoms with van der Waals surface area (Å²) in [5.41, 5.74) is 3.60. The highest BCUT2D eigenvalue weighted by Gasteiger charge is 2.17. The topological polar surface area (TPSA) is 76.0 Å². The third-order valence-corrected chi connectivity index (χ3v) is 4.58. The second-order valence-electron chi connectivity index (χ2n) is 6.30. The molecule has 4 aromatic rings. The molecule has 5 heteroatoms. The molecule has 0 spiro atoms. The van der Waals surface area contributed by atoms with Gasteiger partial charge in [-0.25, -0.2) is 0 Å². The van der Waals surface area contributed by atoms with Crippen LogP contribution in [0.25, 0.3) is 28.2 Å². The van der Waals surface area contributed by atoms with E-state index in [1.807, 2.05) is 54.6 Å². The number of hydrogen-bond acceptors (Lipinski definition) is 3. The van der Waals surface area contributed by atoms with Gasteiger partial charge in [0.1, 0.15) is 0 Å². The molecular weight excluding hydrogens is 352 g/mol. The van der Waals surface area contributed by atoms with Gasteiger partial charge in [-0.2, -0.15) is 0 Å². The summed E-state index contributed by atoms with van der Waals surface area (Å²) in [6, 6.07) is 23.6. The molecule has 28 heavy (non-hydrogen) atoms. The minimum Gasteiger partial charge on any atom is -0.354 e. The van der Waals surface area contributed by atoms with E-state index in [9.17, 15) is 14.9 Å². The molecular formula is C23H16N2O3. The number of nitrogens with one attached hydrogen (secondary N) is 1. The highest BCUT2D eigenvalue weighted by Crippen LogP contribution is 2.31. The van der Waals surface area contributed by atoms with Crippen LogP contribution in [0.1, 0.15) is 15.9 Å². The van der Waals surface area contributed by atoms with Crippen molar-refractivity contribution >= 4 is 28.4 Å². The summed E-state index contributed by atoms with van der Waals surface area (Å²) in [5.74, 6) is -0.406. The minimum atomic E-state index is -0.540. The summed E-state index contributed by atoms with van der Waals surface area (Å²) in [6.07, 6.45) is 3.12. The zero-order valence-electron chi connectivity index (χ0n) is 14.8. The number of carbonyl (C=O) groups excluding carboxylic acids is 1. The fourth-order valence-corrected chi connectivity index (χ4v) is 3.26. The van der Waals surface area contributed by atoms with Crippen molar-refractivity contribution in [2.75, 3.05) is 0 Å². The number of rotatable bonds is 5. The van der Waals surface area contributed by atoms with Gasteiger partial charge in [-0.15, -0.1) is 0 Å². The lowest BCUT2D eigenvalue weighted by atomic mass is 10.0. The summed E-state index contributed by atoms with van der Waals surface area (Å²) < 4.78 is 0. The first kappa shape index (κ1) is 17.4. The Morgan fingerprint density at radius 2 is 1.57 bits per heavy atom. The van der Waals surface area contributed by atoms with Gasteiger partial charge in [-0.1, -0.05) is 60.7 Å². The van der Waals surface area contributed by atoms with E-state index in [4.69, 9.17) is 0 Å². The Balaban J connectivity index is 1.80. The van der Waals surface area contributed by atoms with Crippen LogP contribution in [0, 0.1) is 10.1 Å². The van der Waals surface area contributed by atoms with Crippen molar-refractivity contribution in [1.29, 1.82) is 0 Å². The zero-order chi connectivity index (χ0) is 19.5. The second-order valence-corrected chi connectivity index (χ2v) is 6.30. The molecule has 1 heterocycles. The Labute approximate surface area is 161 Å². The van der Waals surface area contributed by atoms with Gasteiger partial charge in [-0.05, 0) is 29.8 Å². The first-order valence-electron chi connectivity index (χ1n) is 8.77. The molecule has 0 unspecified atom stereocenters. The summed E-state index contributed by atoms with van der Waals surface area (Å²) in [5, 5.41) is 12.2. The predicted octanol–water partition coefficient (Wildman–Crippen LogP) is 5.64. The molecule has 0 saturated heterocycles. The van der Waals surface area contributed by atoms with Crippen LogP contribution in [-0.4, -0.2) is 15.7 Å². The molecule has 136 valence electrons. The summed E-state index contributed by atoms with van der Waals surface area (Å²) in [4.78, 5) is 26.7. The van der Waals surface area contributed by atoms with Gasteiger partial charge in [0.05, 0.1) is 16.2 Å². The van der Waals surface area contributed by atoms with E-state index in [2.05, 4.69) is 4.98 Å². The average Bonchev–Trinajstić information content (AvgIpc) is 3.11. The number of ketones is 1. The third-order valence-electron chi connectivity index (χ3n) is 4.58. The van der Waals surface area contributed by atoms with Crippen molar-refractivity contribution in [3.05, 3.63) is 106 Å². The number of carbonyl (C=O) groups is 1. The zero-order valence-corrected chi connectivity index (χ0v) is 14.8. The SMILES string of the molecule is O=C(/C=C\c1c(-c2ccccc2)[nH]c2ccccc12)c1ccccc1[N+](=O)[O-]. The molecule has 0 amide bonds. The van der Waals surface area contributed by atoms with E-state index in [1.54, 1.807) is 18.2 Å². The van der Waals surface area contributed by atoms with E-state index in [0.29, 0.717) is 0 Å². The number of fused-ring (bicyclic) bond motifs is 1. The van der Waals surface area contributed by atoms with Crippen LogP contribution in [0.2, 0.25) is 0 Å². The van der Waals surface area contributed by atoms with Crippen LogP contribution in [0.4, 0.5) is 5.69 Å². The number of benzene rings is 3. The van der Waals surface area contributed by atoms with Crippen LogP contribution in [0.15, 0.2) is 84.9 Å². The number of para-hydroxylation sites is 2. The number of nitro benzene ring substituents is 1. The van der Waals surface area contributed by atoms with Crippen LogP contribution >= 0.6 is 0 Å². The number of nitro groups is 1. The van der Waals surface area contributed by atoms with Gasteiger partial charge in [0.2, 0.25) is 0 Å². The minimum absolute atomic E-state index is 0.0739. The standard InChI is InChI=1S/C23H16N2O3/c26-22(19-11-5-7-13-21(19)25(27)28)15-14-18-17-10-4-6-12-20(17)24-23(18)16-8-2-1-3-9-16/h1-15,24H/b15-14-. The average molecular weight is 368 g/mol. The Kier molecular flexibility index (Phi) is 4.56. The van der Waals surface area contributed by atoms with E-state index in [1.165, 1.54) is 18.2 Å². The van der Waals surface area contributed by atoms with Crippen molar-refractivity contribution in [2.45, 2.75) is 0 Å². The van der Waals surface area contributed by atoms with E-state index < -0.39 is 10.7 Å². The first-order chi connectivity index (χ1) is 13.6. The normalized spacial score (nSPS) is 11.1. The van der Waals surface area contributed by atoms with E-state index >= 15 is 0 Å². The Bertz CT molecular complexity index is 1210. The van der Waals surface area contributed by atoms with Crippen LogP contribution < -0.4 is 0 Å². The lowest BCUT2D eigenvalue weighted by molar-refractivity contribution is -0.385. The molecule has 0 aliphatic heterocycles. The highest BCUT2D eigenvalue weighted by atomic mass is 16.6.